The molecule has 8 nitrogen and oxygen atoms in total. The van der Waals surface area contributed by atoms with Crippen molar-refractivity contribution in [3.8, 4) is 0 Å². The lowest BCUT2D eigenvalue weighted by Crippen LogP contribution is -2.37. The van der Waals surface area contributed by atoms with E-state index in [0.29, 0.717) is 17.2 Å². The first-order valence-corrected chi connectivity index (χ1v) is 9.46. The Morgan fingerprint density at radius 3 is 2.64 bits per heavy atom. The lowest BCUT2D eigenvalue weighted by molar-refractivity contribution is 0.0575. The van der Waals surface area contributed by atoms with E-state index in [1.807, 2.05) is 40.1 Å². The summed E-state index contributed by atoms with van der Waals surface area (Å²) in [6, 6.07) is 3.46. The minimum atomic E-state index is -0.650. The molecule has 0 saturated heterocycles. The van der Waals surface area contributed by atoms with Gasteiger partial charge < -0.3 is 4.74 Å². The summed E-state index contributed by atoms with van der Waals surface area (Å²) in [7, 11) is 1.82. The van der Waals surface area contributed by atoms with Crippen molar-refractivity contribution in [1.82, 2.24) is 24.4 Å². The van der Waals surface area contributed by atoms with E-state index in [-0.39, 0.29) is 17.6 Å². The van der Waals surface area contributed by atoms with Crippen LogP contribution in [-0.2, 0) is 18.3 Å². The van der Waals surface area contributed by atoms with Gasteiger partial charge in [0, 0.05) is 24.9 Å². The smallest absolute Gasteiger partial charge is 0.416 e. The van der Waals surface area contributed by atoms with Crippen LogP contribution in [0.4, 0.5) is 10.6 Å². The first-order valence-electron chi connectivity index (χ1n) is 9.08. The summed E-state index contributed by atoms with van der Waals surface area (Å²) in [4.78, 5) is 18.9. The van der Waals surface area contributed by atoms with E-state index in [4.69, 9.17) is 16.3 Å². The minimum absolute atomic E-state index is 0.210. The number of anilines is 1. The molecule has 0 aliphatic carbocycles. The van der Waals surface area contributed by atoms with E-state index in [2.05, 4.69) is 29.0 Å². The largest absolute Gasteiger partial charge is 0.443 e. The van der Waals surface area contributed by atoms with Gasteiger partial charge in [-0.1, -0.05) is 25.4 Å². The Kier molecular flexibility index (Phi) is 5.34. The second-order valence-electron chi connectivity index (χ2n) is 7.97. The quantitative estimate of drug-likeness (QED) is 0.609. The van der Waals surface area contributed by atoms with Gasteiger partial charge in [-0.05, 0) is 32.8 Å². The molecular weight excluding hydrogens is 380 g/mol. The van der Waals surface area contributed by atoms with Crippen molar-refractivity contribution in [3.05, 3.63) is 40.9 Å². The standard InChI is InChI=1S/C19H25ClN6O2/c1-12(2)14-10-21-26-16(9-15(20)22-17(14)26)25(18(27)28-19(3,4)5)11-13-7-8-24(6)23-13/h7-10,12H,11H2,1-6H3. The van der Waals surface area contributed by atoms with E-state index in [9.17, 15) is 4.79 Å². The van der Waals surface area contributed by atoms with Gasteiger partial charge in [0.05, 0.1) is 18.4 Å². The molecular formula is C19H25ClN6O2. The Labute approximate surface area is 169 Å². The zero-order valence-electron chi connectivity index (χ0n) is 17.0. The lowest BCUT2D eigenvalue weighted by Gasteiger charge is -2.27. The maximum absolute atomic E-state index is 13.0. The fourth-order valence-electron chi connectivity index (χ4n) is 2.80. The number of nitrogens with zero attached hydrogens (tertiary/aromatic N) is 6. The molecule has 0 fully saturated rings. The first-order chi connectivity index (χ1) is 13.0. The lowest BCUT2D eigenvalue weighted by atomic mass is 10.1. The third kappa shape index (κ3) is 4.27. The molecule has 1 amide bonds. The highest BCUT2D eigenvalue weighted by atomic mass is 35.5. The highest BCUT2D eigenvalue weighted by molar-refractivity contribution is 6.29. The van der Waals surface area contributed by atoms with E-state index < -0.39 is 11.7 Å². The third-order valence-electron chi connectivity index (χ3n) is 4.05. The van der Waals surface area contributed by atoms with Crippen LogP contribution in [0.25, 0.3) is 5.65 Å². The predicted molar refractivity (Wildman–Crippen MR) is 108 cm³/mol. The van der Waals surface area contributed by atoms with Gasteiger partial charge >= 0.3 is 6.09 Å². The highest BCUT2D eigenvalue weighted by Gasteiger charge is 2.27. The number of ether oxygens (including phenoxy) is 1. The van der Waals surface area contributed by atoms with Crippen LogP contribution in [-0.4, -0.2) is 36.1 Å². The Morgan fingerprint density at radius 1 is 1.36 bits per heavy atom. The zero-order chi connectivity index (χ0) is 20.6. The normalized spacial score (nSPS) is 12.0. The average Bonchev–Trinajstić information content (AvgIpc) is 3.16. The Balaban J connectivity index is 2.12. The van der Waals surface area contributed by atoms with E-state index >= 15 is 0 Å². The molecule has 3 rings (SSSR count). The number of carbonyl (C=O) groups excluding carboxylic acids is 1. The molecule has 3 aromatic heterocycles. The maximum atomic E-state index is 13.0. The predicted octanol–water partition coefficient (Wildman–Crippen LogP) is 4.18. The summed E-state index contributed by atoms with van der Waals surface area (Å²) in [6.45, 7) is 9.79. The van der Waals surface area contributed by atoms with Gasteiger partial charge in [-0.3, -0.25) is 9.58 Å². The molecule has 0 atom stereocenters. The summed E-state index contributed by atoms with van der Waals surface area (Å²) in [5.41, 5.74) is 1.63. The van der Waals surface area contributed by atoms with Crippen LogP contribution in [0.15, 0.2) is 24.5 Å². The SMILES string of the molecule is CC(C)c1cnn2c(N(Cc3ccn(C)n3)C(=O)OC(C)(C)C)cc(Cl)nc12. The number of hydrogen-bond donors (Lipinski definition) is 0. The Hall–Kier alpha value is -2.61. The Morgan fingerprint density at radius 2 is 2.07 bits per heavy atom. The molecule has 0 N–H and O–H groups in total. The number of rotatable bonds is 4. The third-order valence-corrected chi connectivity index (χ3v) is 4.24. The summed E-state index contributed by atoms with van der Waals surface area (Å²) >= 11 is 6.30. The monoisotopic (exact) mass is 404 g/mol. The van der Waals surface area contributed by atoms with Gasteiger partial charge in [-0.25, -0.2) is 9.78 Å². The van der Waals surface area contributed by atoms with E-state index in [0.717, 1.165) is 5.56 Å². The number of hydrogen-bond acceptors (Lipinski definition) is 5. The van der Waals surface area contributed by atoms with E-state index in [1.165, 1.54) is 4.90 Å². The number of carbonyl (C=O) groups is 1. The van der Waals surface area contributed by atoms with Crippen molar-refractivity contribution in [2.24, 2.45) is 7.05 Å². The highest BCUT2D eigenvalue weighted by Crippen LogP contribution is 2.28. The number of fused-ring (bicyclic) bond motifs is 1. The Bertz CT molecular complexity index is 1000. The molecule has 0 aliphatic heterocycles. The van der Waals surface area contributed by atoms with Crippen LogP contribution < -0.4 is 4.90 Å². The van der Waals surface area contributed by atoms with Crippen molar-refractivity contribution in [2.75, 3.05) is 4.90 Å². The summed E-state index contributed by atoms with van der Waals surface area (Å²) in [6.07, 6.45) is 3.06. The van der Waals surface area contributed by atoms with Gasteiger partial charge in [-0.15, -0.1) is 0 Å². The number of aromatic nitrogens is 5. The molecule has 0 radical (unpaired) electrons. The molecule has 3 aromatic rings. The van der Waals surface area contributed by atoms with Crippen molar-refractivity contribution < 1.29 is 9.53 Å². The molecule has 150 valence electrons. The van der Waals surface area contributed by atoms with Gasteiger partial charge in [0.2, 0.25) is 0 Å². The summed E-state index contributed by atoms with van der Waals surface area (Å²) < 4.78 is 8.93. The molecule has 0 unspecified atom stereocenters. The molecule has 3 heterocycles. The van der Waals surface area contributed by atoms with Crippen molar-refractivity contribution >= 4 is 29.2 Å². The van der Waals surface area contributed by atoms with Crippen LogP contribution in [0, 0.1) is 0 Å². The second-order valence-corrected chi connectivity index (χ2v) is 8.36. The van der Waals surface area contributed by atoms with Crippen molar-refractivity contribution in [1.29, 1.82) is 0 Å². The molecule has 28 heavy (non-hydrogen) atoms. The van der Waals surface area contributed by atoms with Crippen LogP contribution in [0.5, 0.6) is 0 Å². The molecule has 0 saturated carbocycles. The molecule has 0 bridgehead atoms. The van der Waals surface area contributed by atoms with E-state index in [1.54, 1.807) is 21.5 Å². The van der Waals surface area contributed by atoms with Crippen LogP contribution in [0.1, 0.15) is 51.8 Å². The van der Waals surface area contributed by atoms with Gasteiger partial charge in [0.1, 0.15) is 16.6 Å². The summed E-state index contributed by atoms with van der Waals surface area (Å²) in [5.74, 6) is 0.684. The number of amides is 1. The van der Waals surface area contributed by atoms with Crippen molar-refractivity contribution in [2.45, 2.75) is 52.7 Å². The van der Waals surface area contributed by atoms with Crippen LogP contribution in [0.3, 0.4) is 0 Å². The minimum Gasteiger partial charge on any atom is -0.443 e. The van der Waals surface area contributed by atoms with Gasteiger partial charge in [-0.2, -0.15) is 14.7 Å². The first kappa shape index (κ1) is 20.1. The zero-order valence-corrected chi connectivity index (χ0v) is 17.7. The average molecular weight is 405 g/mol. The molecule has 9 heteroatoms. The molecule has 0 aliphatic rings. The second kappa shape index (κ2) is 7.43. The molecule has 0 spiro atoms. The topological polar surface area (TPSA) is 77.5 Å². The van der Waals surface area contributed by atoms with Gasteiger partial charge in [0.15, 0.2) is 5.65 Å². The van der Waals surface area contributed by atoms with Crippen molar-refractivity contribution in [3.63, 3.8) is 0 Å². The maximum Gasteiger partial charge on any atom is 0.416 e. The summed E-state index contributed by atoms with van der Waals surface area (Å²) in [5, 5.41) is 9.11. The van der Waals surface area contributed by atoms with Crippen LogP contribution in [0.2, 0.25) is 5.15 Å². The molecule has 0 aromatic carbocycles. The fourth-order valence-corrected chi connectivity index (χ4v) is 2.98. The number of halogens is 1. The van der Waals surface area contributed by atoms with Gasteiger partial charge in [0.25, 0.3) is 0 Å². The number of aryl methyl sites for hydroxylation is 1. The van der Waals surface area contributed by atoms with Crippen LogP contribution >= 0.6 is 11.6 Å². The fraction of sp³-hybridized carbons (Fsp3) is 0.474.